The molecule has 0 aromatic heterocycles. The van der Waals surface area contributed by atoms with E-state index in [0.29, 0.717) is 0 Å². The summed E-state index contributed by atoms with van der Waals surface area (Å²) in [5.74, 6) is 3.23. The van der Waals surface area contributed by atoms with Crippen molar-refractivity contribution in [3.8, 4) is 0 Å². The Morgan fingerprint density at radius 1 is 1.27 bits per heavy atom. The lowest BCUT2D eigenvalue weighted by atomic mass is 9.96. The van der Waals surface area contributed by atoms with Gasteiger partial charge in [-0.25, -0.2) is 0 Å². The van der Waals surface area contributed by atoms with E-state index in [1.165, 1.54) is 30.9 Å². The minimum atomic E-state index is 0.737. The standard InChI is InChI=1S/C13H17NS/c1-2-4-13-10(3-1)8-15-9-11(13)7-14-12-5-6-12/h1-4,11-12,14H,5-9H2. The number of fused-ring (bicyclic) bond motifs is 1. The van der Waals surface area contributed by atoms with Gasteiger partial charge in [-0.1, -0.05) is 24.3 Å². The third-order valence-electron chi connectivity index (χ3n) is 3.30. The van der Waals surface area contributed by atoms with Crippen molar-refractivity contribution in [2.45, 2.75) is 30.6 Å². The van der Waals surface area contributed by atoms with Crippen LogP contribution in [0.1, 0.15) is 29.9 Å². The van der Waals surface area contributed by atoms with Crippen LogP contribution in [0.2, 0.25) is 0 Å². The molecule has 1 aromatic carbocycles. The van der Waals surface area contributed by atoms with Crippen LogP contribution in [0.3, 0.4) is 0 Å². The molecule has 15 heavy (non-hydrogen) atoms. The van der Waals surface area contributed by atoms with Crippen molar-refractivity contribution in [3.63, 3.8) is 0 Å². The molecule has 0 bridgehead atoms. The first-order valence-electron chi connectivity index (χ1n) is 5.82. The number of thioether (sulfide) groups is 1. The molecule has 1 N–H and O–H groups in total. The first-order valence-corrected chi connectivity index (χ1v) is 6.98. The molecule has 1 aliphatic carbocycles. The summed E-state index contributed by atoms with van der Waals surface area (Å²) in [5.41, 5.74) is 3.14. The van der Waals surface area contributed by atoms with Crippen LogP contribution in [0, 0.1) is 0 Å². The second-order valence-corrected chi connectivity index (χ2v) is 5.62. The third kappa shape index (κ3) is 2.21. The molecule has 2 aliphatic rings. The normalized spacial score (nSPS) is 24.9. The zero-order chi connectivity index (χ0) is 10.1. The van der Waals surface area contributed by atoms with Crippen LogP contribution in [0.25, 0.3) is 0 Å². The molecule has 1 atom stereocenters. The highest BCUT2D eigenvalue weighted by atomic mass is 32.2. The van der Waals surface area contributed by atoms with Crippen molar-refractivity contribution >= 4 is 11.8 Å². The molecule has 1 fully saturated rings. The molecule has 1 aromatic rings. The lowest BCUT2D eigenvalue weighted by molar-refractivity contribution is 0.612. The van der Waals surface area contributed by atoms with Gasteiger partial charge in [-0.05, 0) is 24.0 Å². The summed E-state index contributed by atoms with van der Waals surface area (Å²) >= 11 is 2.08. The molecule has 3 rings (SSSR count). The number of rotatable bonds is 3. The lowest BCUT2D eigenvalue weighted by Crippen LogP contribution is -2.26. The first-order chi connectivity index (χ1) is 7.43. The van der Waals surface area contributed by atoms with Crippen molar-refractivity contribution in [1.29, 1.82) is 0 Å². The fraction of sp³-hybridized carbons (Fsp3) is 0.538. The van der Waals surface area contributed by atoms with E-state index in [4.69, 9.17) is 0 Å². The summed E-state index contributed by atoms with van der Waals surface area (Å²) < 4.78 is 0. The molecule has 1 heterocycles. The number of hydrogen-bond donors (Lipinski definition) is 1. The Bertz CT molecular complexity index is 346. The fourth-order valence-corrected chi connectivity index (χ4v) is 3.41. The predicted molar refractivity (Wildman–Crippen MR) is 66.4 cm³/mol. The number of benzene rings is 1. The van der Waals surface area contributed by atoms with Crippen LogP contribution in [0.15, 0.2) is 24.3 Å². The molecule has 1 aliphatic heterocycles. The Kier molecular flexibility index (Phi) is 2.72. The second-order valence-electron chi connectivity index (χ2n) is 4.59. The molecule has 0 saturated heterocycles. The Balaban J connectivity index is 1.73. The van der Waals surface area contributed by atoms with Gasteiger partial charge in [0.05, 0.1) is 0 Å². The Morgan fingerprint density at radius 3 is 3.00 bits per heavy atom. The van der Waals surface area contributed by atoms with Crippen molar-refractivity contribution in [1.82, 2.24) is 5.32 Å². The van der Waals surface area contributed by atoms with Gasteiger partial charge in [-0.15, -0.1) is 0 Å². The first kappa shape index (κ1) is 9.73. The van der Waals surface area contributed by atoms with Gasteiger partial charge in [0.25, 0.3) is 0 Å². The van der Waals surface area contributed by atoms with Gasteiger partial charge < -0.3 is 5.32 Å². The maximum absolute atomic E-state index is 3.65. The molecule has 0 radical (unpaired) electrons. The number of nitrogens with one attached hydrogen (secondary N) is 1. The summed E-state index contributed by atoms with van der Waals surface area (Å²) in [7, 11) is 0. The highest BCUT2D eigenvalue weighted by Gasteiger charge is 2.24. The topological polar surface area (TPSA) is 12.0 Å². The minimum absolute atomic E-state index is 0.737. The Hall–Kier alpha value is -0.470. The quantitative estimate of drug-likeness (QED) is 0.839. The molecule has 0 spiro atoms. The average molecular weight is 219 g/mol. The van der Waals surface area contributed by atoms with Crippen LogP contribution in [-0.2, 0) is 5.75 Å². The molecular weight excluding hydrogens is 202 g/mol. The van der Waals surface area contributed by atoms with E-state index in [1.54, 1.807) is 11.1 Å². The zero-order valence-corrected chi connectivity index (χ0v) is 9.72. The molecule has 1 nitrogen and oxygen atoms in total. The summed E-state index contributed by atoms with van der Waals surface area (Å²) in [5, 5.41) is 3.65. The van der Waals surface area contributed by atoms with Crippen LogP contribution in [0.5, 0.6) is 0 Å². The van der Waals surface area contributed by atoms with Gasteiger partial charge in [-0.2, -0.15) is 11.8 Å². The van der Waals surface area contributed by atoms with Crippen molar-refractivity contribution in [3.05, 3.63) is 35.4 Å². The van der Waals surface area contributed by atoms with Crippen LogP contribution in [-0.4, -0.2) is 18.3 Å². The van der Waals surface area contributed by atoms with Gasteiger partial charge >= 0.3 is 0 Å². The van der Waals surface area contributed by atoms with E-state index in [1.807, 2.05) is 0 Å². The van der Waals surface area contributed by atoms with Crippen molar-refractivity contribution in [2.24, 2.45) is 0 Å². The van der Waals surface area contributed by atoms with E-state index in [9.17, 15) is 0 Å². The third-order valence-corrected chi connectivity index (χ3v) is 4.45. The maximum atomic E-state index is 3.65. The fourth-order valence-electron chi connectivity index (χ4n) is 2.23. The SMILES string of the molecule is c1ccc2c(c1)CSCC2CNC1CC1. The Morgan fingerprint density at radius 2 is 2.13 bits per heavy atom. The number of hydrogen-bond acceptors (Lipinski definition) is 2. The summed E-state index contributed by atoms with van der Waals surface area (Å²) in [6.07, 6.45) is 2.78. The van der Waals surface area contributed by atoms with Crippen LogP contribution >= 0.6 is 11.8 Å². The molecule has 0 amide bonds. The van der Waals surface area contributed by atoms with E-state index in [-0.39, 0.29) is 0 Å². The average Bonchev–Trinajstić information content (AvgIpc) is 3.10. The summed E-state index contributed by atoms with van der Waals surface area (Å²) in [6, 6.07) is 9.78. The van der Waals surface area contributed by atoms with Crippen LogP contribution in [0.4, 0.5) is 0 Å². The lowest BCUT2D eigenvalue weighted by Gasteiger charge is -2.25. The second kappa shape index (κ2) is 4.18. The van der Waals surface area contributed by atoms with E-state index in [2.05, 4.69) is 41.3 Å². The summed E-state index contributed by atoms with van der Waals surface area (Å²) in [6.45, 7) is 1.18. The van der Waals surface area contributed by atoms with E-state index >= 15 is 0 Å². The monoisotopic (exact) mass is 219 g/mol. The molecule has 2 heteroatoms. The van der Waals surface area contributed by atoms with Crippen molar-refractivity contribution in [2.75, 3.05) is 12.3 Å². The van der Waals surface area contributed by atoms with Gasteiger partial charge in [0, 0.05) is 30.0 Å². The van der Waals surface area contributed by atoms with Gasteiger partial charge in [0.15, 0.2) is 0 Å². The van der Waals surface area contributed by atoms with E-state index in [0.717, 1.165) is 12.0 Å². The molecule has 1 saturated carbocycles. The highest BCUT2D eigenvalue weighted by Crippen LogP contribution is 2.33. The maximum Gasteiger partial charge on any atom is 0.0187 e. The largest absolute Gasteiger partial charge is 0.313 e. The van der Waals surface area contributed by atoms with Gasteiger partial charge in [-0.3, -0.25) is 0 Å². The smallest absolute Gasteiger partial charge is 0.0187 e. The molecule has 1 unspecified atom stereocenters. The molecule has 80 valence electrons. The predicted octanol–water partition coefficient (Wildman–Crippen LogP) is 2.77. The van der Waals surface area contributed by atoms with Gasteiger partial charge in [0.2, 0.25) is 0 Å². The Labute approximate surface area is 95.6 Å². The van der Waals surface area contributed by atoms with Crippen molar-refractivity contribution < 1.29 is 0 Å². The van der Waals surface area contributed by atoms with Gasteiger partial charge in [0.1, 0.15) is 0 Å². The summed E-state index contributed by atoms with van der Waals surface area (Å²) in [4.78, 5) is 0. The molecular formula is C13H17NS. The van der Waals surface area contributed by atoms with Crippen LogP contribution < -0.4 is 5.32 Å². The van der Waals surface area contributed by atoms with E-state index < -0.39 is 0 Å². The minimum Gasteiger partial charge on any atom is -0.313 e. The highest BCUT2D eigenvalue weighted by molar-refractivity contribution is 7.98. The zero-order valence-electron chi connectivity index (χ0n) is 8.91.